The van der Waals surface area contributed by atoms with Gasteiger partial charge in [-0.1, -0.05) is 48.5 Å². The smallest absolute Gasteiger partial charge is 0.290 e. The summed E-state index contributed by atoms with van der Waals surface area (Å²) >= 11 is 0.907. The van der Waals surface area contributed by atoms with E-state index in [9.17, 15) is 9.59 Å². The summed E-state index contributed by atoms with van der Waals surface area (Å²) in [4.78, 5) is 30.0. The van der Waals surface area contributed by atoms with Crippen molar-refractivity contribution in [2.75, 3.05) is 18.1 Å². The van der Waals surface area contributed by atoms with Gasteiger partial charge < -0.3 is 9.64 Å². The minimum absolute atomic E-state index is 0.343. The summed E-state index contributed by atoms with van der Waals surface area (Å²) in [5.41, 5.74) is 2.04. The Labute approximate surface area is 184 Å². The van der Waals surface area contributed by atoms with Crippen molar-refractivity contribution in [1.29, 1.82) is 0 Å². The van der Waals surface area contributed by atoms with Crippen LogP contribution in [-0.2, 0) is 11.3 Å². The lowest BCUT2D eigenvalue weighted by molar-refractivity contribution is -0.115. The van der Waals surface area contributed by atoms with E-state index in [2.05, 4.69) is 27.3 Å². The van der Waals surface area contributed by atoms with Crippen LogP contribution in [0.25, 0.3) is 6.08 Å². The molecule has 31 heavy (non-hydrogen) atoms. The predicted octanol–water partition coefficient (Wildman–Crippen LogP) is 4.49. The molecule has 4 rings (SSSR count). The van der Waals surface area contributed by atoms with Crippen molar-refractivity contribution in [3.8, 4) is 5.75 Å². The number of anilines is 1. The minimum atomic E-state index is -0.358. The standard InChI is InChI=1S/C24H21N3O3S/c28-23-21(31-24(29)26-23)16-18-9-11-20(12-10-18)30-15-14-27(22-8-4-5-13-25-22)17-19-6-2-1-3-7-19/h1-13,16H,14-15,17H2,(H,26,28,29)/b21-16-. The number of nitrogens with one attached hydrogen (secondary N) is 1. The van der Waals surface area contributed by atoms with Crippen molar-refractivity contribution in [2.45, 2.75) is 6.54 Å². The highest BCUT2D eigenvalue weighted by Gasteiger charge is 2.24. The van der Waals surface area contributed by atoms with Crippen molar-refractivity contribution in [3.05, 3.63) is 95.0 Å². The number of hydrogen-bond acceptors (Lipinski definition) is 6. The topological polar surface area (TPSA) is 71.5 Å². The van der Waals surface area contributed by atoms with Crippen molar-refractivity contribution in [3.63, 3.8) is 0 Å². The predicted molar refractivity (Wildman–Crippen MR) is 123 cm³/mol. The lowest BCUT2D eigenvalue weighted by atomic mass is 10.2. The van der Waals surface area contributed by atoms with E-state index in [4.69, 9.17) is 4.74 Å². The molecule has 0 aliphatic carbocycles. The average Bonchev–Trinajstić information content (AvgIpc) is 3.12. The Morgan fingerprint density at radius 3 is 2.42 bits per heavy atom. The van der Waals surface area contributed by atoms with E-state index in [1.165, 1.54) is 5.56 Å². The molecule has 0 saturated carbocycles. The molecule has 6 nitrogen and oxygen atoms in total. The number of aromatic nitrogens is 1. The van der Waals surface area contributed by atoms with Gasteiger partial charge >= 0.3 is 0 Å². The number of benzene rings is 2. The molecule has 1 fully saturated rings. The van der Waals surface area contributed by atoms with Crippen molar-refractivity contribution >= 4 is 34.8 Å². The number of carbonyl (C=O) groups excluding carboxylic acids is 2. The van der Waals surface area contributed by atoms with Crippen LogP contribution in [0.5, 0.6) is 5.75 Å². The van der Waals surface area contributed by atoms with E-state index < -0.39 is 0 Å². The van der Waals surface area contributed by atoms with Crippen LogP contribution in [-0.4, -0.2) is 29.3 Å². The molecule has 0 radical (unpaired) electrons. The zero-order chi connectivity index (χ0) is 21.5. The number of rotatable bonds is 8. The molecule has 156 valence electrons. The summed E-state index contributed by atoms with van der Waals surface area (Å²) in [6, 6.07) is 23.6. The monoisotopic (exact) mass is 431 g/mol. The maximum absolute atomic E-state index is 11.7. The van der Waals surface area contributed by atoms with Crippen LogP contribution >= 0.6 is 11.8 Å². The molecular weight excluding hydrogens is 410 g/mol. The number of amides is 2. The summed E-state index contributed by atoms with van der Waals surface area (Å²) in [5, 5.41) is 1.91. The van der Waals surface area contributed by atoms with Gasteiger partial charge in [-0.2, -0.15) is 0 Å². The van der Waals surface area contributed by atoms with Gasteiger partial charge in [-0.05, 0) is 53.2 Å². The van der Waals surface area contributed by atoms with Crippen LogP contribution in [0.2, 0.25) is 0 Å². The van der Waals surface area contributed by atoms with E-state index in [0.717, 1.165) is 35.4 Å². The molecule has 2 heterocycles. The minimum Gasteiger partial charge on any atom is -0.492 e. The number of pyridine rings is 1. The lowest BCUT2D eigenvalue weighted by Gasteiger charge is -2.24. The summed E-state index contributed by atoms with van der Waals surface area (Å²) in [7, 11) is 0. The van der Waals surface area contributed by atoms with E-state index in [1.807, 2.05) is 60.7 Å². The number of thioether (sulfide) groups is 1. The SMILES string of the molecule is O=C1NC(=O)/C(=C/c2ccc(OCCN(Cc3ccccc3)c3ccccn3)cc2)S1. The number of imide groups is 1. The Hall–Kier alpha value is -3.58. The van der Waals surface area contributed by atoms with Crippen LogP contribution in [0.15, 0.2) is 83.9 Å². The molecular formula is C24H21N3O3S. The summed E-state index contributed by atoms with van der Waals surface area (Å²) in [6.07, 6.45) is 3.48. The normalized spacial score (nSPS) is 14.5. The molecule has 2 amide bonds. The maximum Gasteiger partial charge on any atom is 0.290 e. The van der Waals surface area contributed by atoms with Gasteiger partial charge in [0.1, 0.15) is 18.2 Å². The third-order valence-electron chi connectivity index (χ3n) is 4.64. The first-order chi connectivity index (χ1) is 15.2. The van der Waals surface area contributed by atoms with Crippen molar-refractivity contribution in [1.82, 2.24) is 10.3 Å². The fourth-order valence-electron chi connectivity index (χ4n) is 3.13. The molecule has 1 aliphatic heterocycles. The van der Waals surface area contributed by atoms with E-state index in [-0.39, 0.29) is 11.1 Å². The fourth-order valence-corrected chi connectivity index (χ4v) is 3.81. The first kappa shape index (κ1) is 20.7. The van der Waals surface area contributed by atoms with Crippen molar-refractivity contribution in [2.24, 2.45) is 0 Å². The third kappa shape index (κ3) is 5.73. The zero-order valence-corrected chi connectivity index (χ0v) is 17.5. The number of carbonyl (C=O) groups is 2. The lowest BCUT2D eigenvalue weighted by Crippen LogP contribution is -2.28. The van der Waals surface area contributed by atoms with E-state index in [1.54, 1.807) is 12.3 Å². The Balaban J connectivity index is 1.36. The van der Waals surface area contributed by atoms with Gasteiger partial charge in [-0.3, -0.25) is 14.9 Å². The Morgan fingerprint density at radius 2 is 1.74 bits per heavy atom. The van der Waals surface area contributed by atoms with Crippen LogP contribution in [0.1, 0.15) is 11.1 Å². The van der Waals surface area contributed by atoms with Gasteiger partial charge in [0, 0.05) is 12.7 Å². The molecule has 1 aromatic heterocycles. The number of nitrogens with zero attached hydrogens (tertiary/aromatic N) is 2. The number of hydrogen-bond donors (Lipinski definition) is 1. The molecule has 0 unspecified atom stereocenters. The molecule has 1 N–H and O–H groups in total. The van der Waals surface area contributed by atoms with Gasteiger partial charge in [0.2, 0.25) is 0 Å². The van der Waals surface area contributed by atoms with Gasteiger partial charge in [-0.25, -0.2) is 4.98 Å². The maximum atomic E-state index is 11.7. The van der Waals surface area contributed by atoms with Crippen molar-refractivity contribution < 1.29 is 14.3 Å². The van der Waals surface area contributed by atoms with Gasteiger partial charge in [0.05, 0.1) is 11.4 Å². The average molecular weight is 432 g/mol. The van der Waals surface area contributed by atoms with E-state index in [0.29, 0.717) is 18.1 Å². The highest BCUT2D eigenvalue weighted by Crippen LogP contribution is 2.26. The van der Waals surface area contributed by atoms with Crippen LogP contribution < -0.4 is 15.0 Å². The largest absolute Gasteiger partial charge is 0.492 e. The Morgan fingerprint density at radius 1 is 0.968 bits per heavy atom. The van der Waals surface area contributed by atoms with E-state index >= 15 is 0 Å². The molecule has 0 spiro atoms. The van der Waals surface area contributed by atoms with Gasteiger partial charge in [-0.15, -0.1) is 0 Å². The van der Waals surface area contributed by atoms with Gasteiger partial charge in [0.15, 0.2) is 0 Å². The Kier molecular flexibility index (Phi) is 6.64. The van der Waals surface area contributed by atoms with Crippen LogP contribution in [0.4, 0.5) is 10.6 Å². The second kappa shape index (κ2) is 9.95. The Bertz CT molecular complexity index is 1070. The summed E-state index contributed by atoms with van der Waals surface area (Å²) < 4.78 is 5.93. The zero-order valence-electron chi connectivity index (χ0n) is 16.7. The molecule has 1 saturated heterocycles. The molecule has 1 aliphatic rings. The number of ether oxygens (including phenoxy) is 1. The highest BCUT2D eigenvalue weighted by molar-refractivity contribution is 8.18. The quantitative estimate of drug-likeness (QED) is 0.530. The second-order valence-corrected chi connectivity index (χ2v) is 7.88. The van der Waals surface area contributed by atoms with Crippen LogP contribution in [0.3, 0.4) is 0 Å². The third-order valence-corrected chi connectivity index (χ3v) is 5.45. The van der Waals surface area contributed by atoms with Crippen LogP contribution in [0, 0.1) is 0 Å². The van der Waals surface area contributed by atoms with Gasteiger partial charge in [0.25, 0.3) is 11.1 Å². The molecule has 0 atom stereocenters. The summed E-state index contributed by atoms with van der Waals surface area (Å²) in [5.74, 6) is 1.28. The molecule has 2 aromatic carbocycles. The first-order valence-corrected chi connectivity index (χ1v) is 10.7. The second-order valence-electron chi connectivity index (χ2n) is 6.86. The highest BCUT2D eigenvalue weighted by atomic mass is 32.2. The fraction of sp³-hybridized carbons (Fsp3) is 0.125. The molecule has 3 aromatic rings. The molecule has 0 bridgehead atoms. The summed E-state index contributed by atoms with van der Waals surface area (Å²) in [6.45, 7) is 1.92. The first-order valence-electron chi connectivity index (χ1n) is 9.85. The molecule has 7 heteroatoms.